The SMILES string of the molecule is CC(C)(C)S(=O)NC(CCC(=O)OCc1ccccc1)P(=O)(Cc1cc(-c2ccccc2)on1)OCc1ccccc1. The number of benzene rings is 3. The van der Waals surface area contributed by atoms with Gasteiger partial charge in [-0.2, -0.15) is 0 Å². The summed E-state index contributed by atoms with van der Waals surface area (Å²) >= 11 is 0. The fourth-order valence-electron chi connectivity index (χ4n) is 4.06. The number of nitrogens with zero attached hydrogens (tertiary/aromatic N) is 1. The fourth-order valence-corrected chi connectivity index (χ4v) is 7.69. The molecule has 4 aromatic rings. The van der Waals surface area contributed by atoms with E-state index in [2.05, 4.69) is 9.88 Å². The molecule has 3 aromatic carbocycles. The van der Waals surface area contributed by atoms with Crippen molar-refractivity contribution in [2.24, 2.45) is 0 Å². The monoisotopic (exact) mass is 608 g/mol. The van der Waals surface area contributed by atoms with Crippen molar-refractivity contribution in [1.29, 1.82) is 0 Å². The zero-order valence-corrected chi connectivity index (χ0v) is 25.8. The highest BCUT2D eigenvalue weighted by Gasteiger charge is 2.39. The third kappa shape index (κ3) is 9.33. The van der Waals surface area contributed by atoms with Gasteiger partial charge in [-0.05, 0) is 38.3 Å². The Morgan fingerprint density at radius 3 is 2.10 bits per heavy atom. The maximum atomic E-state index is 14.8. The average molecular weight is 609 g/mol. The summed E-state index contributed by atoms with van der Waals surface area (Å²) in [7, 11) is -5.28. The molecule has 42 heavy (non-hydrogen) atoms. The molecule has 3 atom stereocenters. The largest absolute Gasteiger partial charge is 0.461 e. The highest BCUT2D eigenvalue weighted by Crippen LogP contribution is 2.56. The van der Waals surface area contributed by atoms with Crippen LogP contribution in [0.2, 0.25) is 0 Å². The van der Waals surface area contributed by atoms with E-state index < -0.39 is 34.9 Å². The molecule has 0 aliphatic rings. The minimum atomic E-state index is -3.69. The molecule has 10 heteroatoms. The summed E-state index contributed by atoms with van der Waals surface area (Å²) in [6.45, 7) is 5.66. The van der Waals surface area contributed by atoms with Gasteiger partial charge in [0, 0.05) is 18.1 Å². The molecule has 0 aliphatic heterocycles. The second kappa shape index (κ2) is 14.7. The molecular formula is C32H37N2O6PS. The lowest BCUT2D eigenvalue weighted by atomic mass is 10.2. The van der Waals surface area contributed by atoms with Crippen LogP contribution in [-0.4, -0.2) is 25.9 Å². The van der Waals surface area contributed by atoms with Crippen LogP contribution in [0.15, 0.2) is 102 Å². The zero-order chi connectivity index (χ0) is 30.0. The first-order chi connectivity index (χ1) is 20.1. The molecule has 0 saturated carbocycles. The van der Waals surface area contributed by atoms with Gasteiger partial charge in [-0.1, -0.05) is 96.2 Å². The number of hydrogen-bond acceptors (Lipinski definition) is 7. The summed E-state index contributed by atoms with van der Waals surface area (Å²) in [5, 5.41) is 4.18. The molecule has 1 aromatic heterocycles. The maximum Gasteiger partial charge on any atom is 0.306 e. The van der Waals surface area contributed by atoms with Crippen LogP contribution in [0.3, 0.4) is 0 Å². The van der Waals surface area contributed by atoms with Crippen molar-refractivity contribution in [3.05, 3.63) is 114 Å². The molecule has 0 bridgehead atoms. The van der Waals surface area contributed by atoms with E-state index in [9.17, 15) is 13.6 Å². The van der Waals surface area contributed by atoms with Crippen LogP contribution in [0.25, 0.3) is 11.3 Å². The quantitative estimate of drug-likeness (QED) is 0.119. The van der Waals surface area contributed by atoms with Gasteiger partial charge in [-0.25, -0.2) is 8.93 Å². The number of rotatable bonds is 14. The highest BCUT2D eigenvalue weighted by atomic mass is 32.2. The summed E-state index contributed by atoms with van der Waals surface area (Å²) in [6.07, 6.45) is -0.0300. The Kier molecular flexibility index (Phi) is 11.0. The molecule has 0 fully saturated rings. The summed E-state index contributed by atoms with van der Waals surface area (Å²) in [5.41, 5.74) is 2.97. The Labute approximate surface area is 249 Å². The molecule has 4 rings (SSSR count). The standard InChI is InChI=1S/C32H37N2O6PS/c1-32(2,3)42(37)34-30(19-20-31(35)38-22-25-13-7-4-8-14-25)41(36,39-23-26-15-9-5-10-16-26)24-28-21-29(40-33-28)27-17-11-6-12-18-27/h4-18,21,30,34H,19-20,22-24H2,1-3H3. The second-order valence-corrected chi connectivity index (χ2v) is 15.5. The Bertz CT molecular complexity index is 1490. The third-order valence-corrected chi connectivity index (χ3v) is 10.9. The molecule has 0 saturated heterocycles. The van der Waals surface area contributed by atoms with Crippen molar-refractivity contribution in [3.63, 3.8) is 0 Å². The Morgan fingerprint density at radius 1 is 0.929 bits per heavy atom. The van der Waals surface area contributed by atoms with Crippen LogP contribution in [-0.2, 0) is 49.0 Å². The van der Waals surface area contributed by atoms with Crippen molar-refractivity contribution >= 4 is 24.3 Å². The normalized spacial score (nSPS) is 14.5. The third-order valence-electron chi connectivity index (χ3n) is 6.43. The van der Waals surface area contributed by atoms with Crippen LogP contribution in [0.4, 0.5) is 0 Å². The summed E-state index contributed by atoms with van der Waals surface area (Å²) in [4.78, 5) is 12.7. The van der Waals surface area contributed by atoms with E-state index in [-0.39, 0.29) is 32.2 Å². The van der Waals surface area contributed by atoms with E-state index in [1.165, 1.54) is 0 Å². The van der Waals surface area contributed by atoms with Crippen molar-refractivity contribution in [2.45, 2.75) is 63.5 Å². The molecule has 0 spiro atoms. The van der Waals surface area contributed by atoms with Gasteiger partial charge in [0.15, 0.2) is 5.76 Å². The molecule has 3 unspecified atom stereocenters. The Hall–Kier alpha value is -3.36. The van der Waals surface area contributed by atoms with Gasteiger partial charge in [-0.15, -0.1) is 0 Å². The number of carbonyl (C=O) groups is 1. The number of carbonyl (C=O) groups excluding carboxylic acids is 1. The molecular weight excluding hydrogens is 571 g/mol. The van der Waals surface area contributed by atoms with E-state index in [1.54, 1.807) is 6.07 Å². The smallest absolute Gasteiger partial charge is 0.306 e. The van der Waals surface area contributed by atoms with Gasteiger partial charge in [-0.3, -0.25) is 9.36 Å². The number of esters is 1. The lowest BCUT2D eigenvalue weighted by Gasteiger charge is -2.30. The second-order valence-electron chi connectivity index (χ2n) is 10.9. The van der Waals surface area contributed by atoms with Crippen molar-refractivity contribution in [3.8, 4) is 11.3 Å². The molecule has 1 N–H and O–H groups in total. The van der Waals surface area contributed by atoms with Crippen LogP contribution >= 0.6 is 7.37 Å². The molecule has 8 nitrogen and oxygen atoms in total. The predicted molar refractivity (Wildman–Crippen MR) is 165 cm³/mol. The minimum Gasteiger partial charge on any atom is -0.461 e. The molecule has 222 valence electrons. The van der Waals surface area contributed by atoms with Gasteiger partial charge < -0.3 is 13.8 Å². The van der Waals surface area contributed by atoms with E-state index in [0.717, 1.165) is 16.7 Å². The van der Waals surface area contributed by atoms with Crippen LogP contribution in [0, 0.1) is 0 Å². The Balaban J connectivity index is 1.57. The Morgan fingerprint density at radius 2 is 1.50 bits per heavy atom. The predicted octanol–water partition coefficient (Wildman–Crippen LogP) is 7.24. The minimum absolute atomic E-state index is 0.0430. The fraction of sp³-hybridized carbons (Fsp3) is 0.312. The molecule has 0 radical (unpaired) electrons. The van der Waals surface area contributed by atoms with Gasteiger partial charge in [0.2, 0.25) is 7.37 Å². The van der Waals surface area contributed by atoms with Crippen LogP contribution < -0.4 is 4.72 Å². The first kappa shape index (κ1) is 31.6. The first-order valence-electron chi connectivity index (χ1n) is 13.8. The van der Waals surface area contributed by atoms with Gasteiger partial charge in [0.05, 0.1) is 40.0 Å². The van der Waals surface area contributed by atoms with E-state index in [1.807, 2.05) is 112 Å². The van der Waals surface area contributed by atoms with E-state index >= 15 is 0 Å². The first-order valence-corrected chi connectivity index (χ1v) is 16.8. The van der Waals surface area contributed by atoms with E-state index in [0.29, 0.717) is 11.5 Å². The van der Waals surface area contributed by atoms with Crippen LogP contribution in [0.1, 0.15) is 50.4 Å². The zero-order valence-electron chi connectivity index (χ0n) is 24.1. The van der Waals surface area contributed by atoms with Gasteiger partial charge in [0.25, 0.3) is 0 Å². The number of ether oxygens (including phenoxy) is 1. The highest BCUT2D eigenvalue weighted by molar-refractivity contribution is 7.84. The van der Waals surface area contributed by atoms with Gasteiger partial charge in [0.1, 0.15) is 6.61 Å². The van der Waals surface area contributed by atoms with E-state index in [4.69, 9.17) is 13.8 Å². The number of hydrogen-bond donors (Lipinski definition) is 1. The summed E-state index contributed by atoms with van der Waals surface area (Å²) in [5.74, 6) is -0.829. The number of nitrogens with one attached hydrogen (secondary N) is 1. The molecule has 1 heterocycles. The number of aromatic nitrogens is 1. The van der Waals surface area contributed by atoms with Crippen LogP contribution in [0.5, 0.6) is 0 Å². The topological polar surface area (TPSA) is 108 Å². The van der Waals surface area contributed by atoms with Crippen molar-refractivity contribution in [1.82, 2.24) is 9.88 Å². The summed E-state index contributed by atoms with van der Waals surface area (Å²) < 4.78 is 47.7. The van der Waals surface area contributed by atoms with Gasteiger partial charge >= 0.3 is 5.97 Å². The van der Waals surface area contributed by atoms with Crippen molar-refractivity contribution in [2.75, 3.05) is 0 Å². The molecule has 0 aliphatic carbocycles. The summed E-state index contributed by atoms with van der Waals surface area (Å²) in [6, 6.07) is 30.0. The lowest BCUT2D eigenvalue weighted by Crippen LogP contribution is -2.40. The van der Waals surface area contributed by atoms with Crippen molar-refractivity contribution < 1.29 is 27.4 Å². The lowest BCUT2D eigenvalue weighted by molar-refractivity contribution is -0.145. The molecule has 0 amide bonds. The maximum absolute atomic E-state index is 14.8. The average Bonchev–Trinajstić information content (AvgIpc) is 3.46.